The highest BCUT2D eigenvalue weighted by atomic mass is 19.1. The number of benzene rings is 1. The second-order valence-corrected chi connectivity index (χ2v) is 8.20. The van der Waals surface area contributed by atoms with Gasteiger partial charge in [-0.25, -0.2) is 8.78 Å². The van der Waals surface area contributed by atoms with E-state index in [1.807, 2.05) is 0 Å². The van der Waals surface area contributed by atoms with Crippen LogP contribution in [0.1, 0.15) is 57.1 Å². The molecule has 21 heavy (non-hydrogen) atoms. The van der Waals surface area contributed by atoms with Crippen molar-refractivity contribution in [3.63, 3.8) is 0 Å². The normalized spacial score (nSPS) is 42.3. The van der Waals surface area contributed by atoms with Crippen LogP contribution in [0.15, 0.2) is 18.2 Å². The Balaban J connectivity index is 1.73. The van der Waals surface area contributed by atoms with E-state index in [9.17, 15) is 13.9 Å². The van der Waals surface area contributed by atoms with Crippen molar-refractivity contribution >= 4 is 0 Å². The van der Waals surface area contributed by atoms with Gasteiger partial charge in [0.05, 0.1) is 6.10 Å². The Bertz CT molecular complexity index is 569. The fourth-order valence-electron chi connectivity index (χ4n) is 6.17. The minimum Gasteiger partial charge on any atom is -0.388 e. The van der Waals surface area contributed by atoms with Gasteiger partial charge in [-0.05, 0) is 74.0 Å². The fourth-order valence-corrected chi connectivity index (χ4v) is 6.17. The van der Waals surface area contributed by atoms with Gasteiger partial charge in [-0.1, -0.05) is 6.92 Å². The Kier molecular flexibility index (Phi) is 2.79. The number of rotatable bonds is 2. The van der Waals surface area contributed by atoms with Crippen LogP contribution >= 0.6 is 0 Å². The van der Waals surface area contributed by atoms with E-state index >= 15 is 0 Å². The van der Waals surface area contributed by atoms with Crippen molar-refractivity contribution in [3.05, 3.63) is 35.4 Å². The summed E-state index contributed by atoms with van der Waals surface area (Å²) >= 11 is 0. The largest absolute Gasteiger partial charge is 0.388 e. The van der Waals surface area contributed by atoms with Crippen molar-refractivity contribution in [2.45, 2.75) is 51.6 Å². The zero-order valence-corrected chi connectivity index (χ0v) is 12.4. The van der Waals surface area contributed by atoms with Gasteiger partial charge in [-0.2, -0.15) is 0 Å². The first-order chi connectivity index (χ1) is 9.89. The van der Waals surface area contributed by atoms with Crippen molar-refractivity contribution in [3.8, 4) is 0 Å². The maximum atomic E-state index is 14.1. The molecule has 114 valence electrons. The first kappa shape index (κ1) is 13.7. The lowest BCUT2D eigenvalue weighted by atomic mass is 9.43. The van der Waals surface area contributed by atoms with Crippen LogP contribution in [0.5, 0.6) is 0 Å². The third kappa shape index (κ3) is 2.04. The summed E-state index contributed by atoms with van der Waals surface area (Å²) in [5, 5.41) is 10.9. The number of halogens is 2. The number of aliphatic hydroxyl groups is 1. The molecule has 1 N–H and O–H groups in total. The van der Waals surface area contributed by atoms with E-state index in [0.717, 1.165) is 31.4 Å². The van der Waals surface area contributed by atoms with Crippen molar-refractivity contribution in [2.75, 3.05) is 0 Å². The molecule has 4 aliphatic carbocycles. The predicted octanol–water partition coefficient (Wildman–Crippen LogP) is 4.60. The summed E-state index contributed by atoms with van der Waals surface area (Å²) in [6.45, 7) is 2.31. The zero-order chi connectivity index (χ0) is 14.8. The highest BCUT2D eigenvalue weighted by Gasteiger charge is 2.58. The van der Waals surface area contributed by atoms with Crippen LogP contribution in [-0.2, 0) is 0 Å². The van der Waals surface area contributed by atoms with Crippen molar-refractivity contribution in [1.29, 1.82) is 0 Å². The van der Waals surface area contributed by atoms with Crippen LogP contribution in [0.3, 0.4) is 0 Å². The molecule has 0 radical (unpaired) electrons. The van der Waals surface area contributed by atoms with Crippen LogP contribution in [0.25, 0.3) is 0 Å². The average molecular weight is 292 g/mol. The topological polar surface area (TPSA) is 20.2 Å². The molecule has 1 nitrogen and oxygen atoms in total. The van der Waals surface area contributed by atoms with Gasteiger partial charge in [0.15, 0.2) is 0 Å². The maximum Gasteiger partial charge on any atom is 0.129 e. The van der Waals surface area contributed by atoms with Gasteiger partial charge < -0.3 is 5.11 Å². The van der Waals surface area contributed by atoms with E-state index in [1.165, 1.54) is 25.3 Å². The molecule has 3 heteroatoms. The van der Waals surface area contributed by atoms with E-state index in [-0.39, 0.29) is 16.4 Å². The van der Waals surface area contributed by atoms with Crippen LogP contribution in [0.2, 0.25) is 0 Å². The monoisotopic (exact) mass is 292 g/mol. The summed E-state index contributed by atoms with van der Waals surface area (Å²) < 4.78 is 27.6. The van der Waals surface area contributed by atoms with Crippen LogP contribution in [-0.4, -0.2) is 5.11 Å². The molecule has 4 bridgehead atoms. The standard InChI is InChI=1S/C18H22F2O/c1-17-6-11-4-12(7-17)9-18(8-11,10-17)16(21)14-5-13(19)2-3-15(14)20/h2-3,5,11-12,16,21H,4,6-10H2,1H3. The minimum absolute atomic E-state index is 0.153. The summed E-state index contributed by atoms with van der Waals surface area (Å²) in [4.78, 5) is 0. The first-order valence-electron chi connectivity index (χ1n) is 8.02. The third-order valence-electron chi connectivity index (χ3n) is 6.23. The van der Waals surface area contributed by atoms with E-state index in [1.54, 1.807) is 0 Å². The molecule has 4 aliphatic rings. The van der Waals surface area contributed by atoms with Crippen molar-refractivity contribution in [1.82, 2.24) is 0 Å². The maximum absolute atomic E-state index is 14.1. The van der Waals surface area contributed by atoms with Gasteiger partial charge in [0.1, 0.15) is 11.6 Å². The minimum atomic E-state index is -0.876. The summed E-state index contributed by atoms with van der Waals surface area (Å²) in [7, 11) is 0. The zero-order valence-electron chi connectivity index (χ0n) is 12.4. The molecule has 4 fully saturated rings. The molecule has 5 rings (SSSR count). The Morgan fingerprint density at radius 1 is 1.14 bits per heavy atom. The van der Waals surface area contributed by atoms with E-state index in [4.69, 9.17) is 0 Å². The van der Waals surface area contributed by atoms with E-state index in [2.05, 4.69) is 6.92 Å². The molecule has 0 aliphatic heterocycles. The molecule has 0 aromatic heterocycles. The van der Waals surface area contributed by atoms with Crippen molar-refractivity contribution in [2.24, 2.45) is 22.7 Å². The lowest BCUT2D eigenvalue weighted by molar-refractivity contribution is -0.155. The molecule has 3 atom stereocenters. The quantitative estimate of drug-likeness (QED) is 0.844. The molecular weight excluding hydrogens is 270 g/mol. The smallest absolute Gasteiger partial charge is 0.129 e. The molecule has 1 aromatic carbocycles. The van der Waals surface area contributed by atoms with Gasteiger partial charge in [-0.3, -0.25) is 0 Å². The predicted molar refractivity (Wildman–Crippen MR) is 76.5 cm³/mol. The van der Waals surface area contributed by atoms with Crippen LogP contribution in [0.4, 0.5) is 8.78 Å². The molecule has 0 amide bonds. The summed E-state index contributed by atoms with van der Waals surface area (Å²) in [6, 6.07) is 3.43. The van der Waals surface area contributed by atoms with Gasteiger partial charge >= 0.3 is 0 Å². The Hall–Kier alpha value is -0.960. The number of aliphatic hydroxyl groups excluding tert-OH is 1. The molecule has 4 saturated carbocycles. The highest BCUT2D eigenvalue weighted by Crippen LogP contribution is 2.68. The fraction of sp³-hybridized carbons (Fsp3) is 0.667. The van der Waals surface area contributed by atoms with Gasteiger partial charge in [-0.15, -0.1) is 0 Å². The summed E-state index contributed by atoms with van der Waals surface area (Å²) in [6.07, 6.45) is 5.75. The van der Waals surface area contributed by atoms with E-state index in [0.29, 0.717) is 11.8 Å². The Labute approximate surface area is 124 Å². The highest BCUT2D eigenvalue weighted by molar-refractivity contribution is 5.25. The van der Waals surface area contributed by atoms with E-state index < -0.39 is 17.7 Å². The van der Waals surface area contributed by atoms with Gasteiger partial charge in [0.25, 0.3) is 0 Å². The molecular formula is C18H22F2O. The molecule has 0 spiro atoms. The lowest BCUT2D eigenvalue weighted by Crippen LogP contribution is -2.53. The number of hydrogen-bond acceptors (Lipinski definition) is 1. The SMILES string of the molecule is CC12CC3CC(C1)CC(C(O)c1cc(F)ccc1F)(C3)C2. The summed E-state index contributed by atoms with van der Waals surface area (Å²) in [5.41, 5.74) is 0.197. The molecule has 0 saturated heterocycles. The van der Waals surface area contributed by atoms with Gasteiger partial charge in [0, 0.05) is 11.0 Å². The van der Waals surface area contributed by atoms with Crippen LogP contribution in [0, 0.1) is 34.3 Å². The third-order valence-corrected chi connectivity index (χ3v) is 6.23. The second kappa shape index (κ2) is 4.28. The molecule has 1 aromatic rings. The lowest BCUT2D eigenvalue weighted by Gasteiger charge is -2.62. The summed E-state index contributed by atoms with van der Waals surface area (Å²) in [5.74, 6) is 0.358. The van der Waals surface area contributed by atoms with Crippen molar-refractivity contribution < 1.29 is 13.9 Å². The Morgan fingerprint density at radius 3 is 2.43 bits per heavy atom. The van der Waals surface area contributed by atoms with Gasteiger partial charge in [0.2, 0.25) is 0 Å². The number of hydrogen-bond donors (Lipinski definition) is 1. The average Bonchev–Trinajstić information content (AvgIpc) is 2.38. The molecule has 0 heterocycles. The van der Waals surface area contributed by atoms with Crippen LogP contribution < -0.4 is 0 Å². The molecule has 3 unspecified atom stereocenters. The second-order valence-electron chi connectivity index (χ2n) is 8.20. The Morgan fingerprint density at radius 2 is 1.81 bits per heavy atom. The first-order valence-corrected chi connectivity index (χ1v) is 8.02.